The Balaban J connectivity index is 1.46. The zero-order chi connectivity index (χ0) is 21.3. The second kappa shape index (κ2) is 7.67. The first kappa shape index (κ1) is 18.3. The molecule has 0 aliphatic carbocycles. The summed E-state index contributed by atoms with van der Waals surface area (Å²) in [5.41, 5.74) is 5.24. The van der Waals surface area contributed by atoms with Gasteiger partial charge >= 0.3 is 0 Å². The van der Waals surface area contributed by atoms with Crippen LogP contribution < -0.4 is 4.74 Å². The number of hydrogen-bond acceptors (Lipinski definition) is 4. The Hall–Kier alpha value is -4.44. The predicted octanol–water partition coefficient (Wildman–Crippen LogP) is 7.50. The molecule has 0 bridgehead atoms. The van der Waals surface area contributed by atoms with E-state index < -0.39 is 0 Å². The van der Waals surface area contributed by atoms with Crippen molar-refractivity contribution < 1.29 is 9.15 Å². The van der Waals surface area contributed by atoms with E-state index >= 15 is 0 Å². The molecule has 4 heteroatoms. The van der Waals surface area contributed by atoms with Crippen LogP contribution in [0.15, 0.2) is 114 Å². The van der Waals surface area contributed by atoms with Crippen molar-refractivity contribution in [2.45, 2.75) is 0 Å². The molecule has 0 atom stereocenters. The summed E-state index contributed by atoms with van der Waals surface area (Å²) in [5, 5.41) is 0.936. The fourth-order valence-corrected chi connectivity index (χ4v) is 3.81. The summed E-state index contributed by atoms with van der Waals surface area (Å²) in [6.45, 7) is 0. The van der Waals surface area contributed by atoms with Gasteiger partial charge in [0.2, 0.25) is 5.58 Å². The smallest absolute Gasteiger partial charge is 0.267 e. The fourth-order valence-electron chi connectivity index (χ4n) is 3.81. The Kier molecular flexibility index (Phi) is 4.40. The number of fused-ring (bicyclic) bond motifs is 3. The standard InChI is InChI=1S/C28H18N2O2/c1-3-9-19(10-4-1)20-15-17-22(18-16-20)31-28-26-25(23-13-7-8-14-24(23)32-26)29-27(30-28)21-11-5-2-6-12-21/h1-18H. The second-order valence-corrected chi connectivity index (χ2v) is 7.49. The number of furan rings is 1. The molecule has 2 aromatic heterocycles. The maximum atomic E-state index is 6.23. The molecule has 32 heavy (non-hydrogen) atoms. The Morgan fingerprint density at radius 1 is 0.562 bits per heavy atom. The first-order valence-electron chi connectivity index (χ1n) is 10.4. The van der Waals surface area contributed by atoms with E-state index in [-0.39, 0.29) is 0 Å². The van der Waals surface area contributed by atoms with E-state index in [1.54, 1.807) is 0 Å². The Labute approximate surface area is 184 Å². The molecule has 2 heterocycles. The van der Waals surface area contributed by atoms with Crippen LogP contribution >= 0.6 is 0 Å². The summed E-state index contributed by atoms with van der Waals surface area (Å²) in [4.78, 5) is 9.52. The van der Waals surface area contributed by atoms with E-state index in [1.165, 1.54) is 0 Å². The number of para-hydroxylation sites is 1. The zero-order valence-corrected chi connectivity index (χ0v) is 17.1. The summed E-state index contributed by atoms with van der Waals surface area (Å²) in [6.07, 6.45) is 0. The van der Waals surface area contributed by atoms with Crippen LogP contribution in [-0.2, 0) is 0 Å². The lowest BCUT2D eigenvalue weighted by Crippen LogP contribution is -1.95. The van der Waals surface area contributed by atoms with E-state index in [1.807, 2.05) is 97.1 Å². The van der Waals surface area contributed by atoms with Crippen molar-refractivity contribution in [1.82, 2.24) is 9.97 Å². The van der Waals surface area contributed by atoms with E-state index in [9.17, 15) is 0 Å². The molecule has 4 aromatic carbocycles. The highest BCUT2D eigenvalue weighted by molar-refractivity contribution is 6.04. The lowest BCUT2D eigenvalue weighted by molar-refractivity contribution is 0.457. The van der Waals surface area contributed by atoms with Crippen LogP contribution in [0, 0.1) is 0 Å². The lowest BCUT2D eigenvalue weighted by atomic mass is 10.1. The summed E-state index contributed by atoms with van der Waals surface area (Å²) < 4.78 is 12.3. The summed E-state index contributed by atoms with van der Waals surface area (Å²) in [7, 11) is 0. The fraction of sp³-hybridized carbons (Fsp3) is 0. The summed E-state index contributed by atoms with van der Waals surface area (Å²) in [6, 6.07) is 36.0. The molecule has 0 spiro atoms. The minimum Gasteiger partial charge on any atom is -0.449 e. The van der Waals surface area contributed by atoms with E-state index in [4.69, 9.17) is 19.1 Å². The molecular formula is C28H18N2O2. The van der Waals surface area contributed by atoms with Crippen molar-refractivity contribution in [3.63, 3.8) is 0 Å². The Morgan fingerprint density at radius 3 is 1.94 bits per heavy atom. The van der Waals surface area contributed by atoms with Gasteiger partial charge in [-0.2, -0.15) is 4.98 Å². The quantitative estimate of drug-likeness (QED) is 0.300. The van der Waals surface area contributed by atoms with Gasteiger partial charge in [0.1, 0.15) is 16.8 Å². The Bertz CT molecular complexity index is 1520. The topological polar surface area (TPSA) is 48.2 Å². The Morgan fingerprint density at radius 2 is 1.19 bits per heavy atom. The van der Waals surface area contributed by atoms with Gasteiger partial charge in [-0.15, -0.1) is 0 Å². The maximum Gasteiger partial charge on any atom is 0.267 e. The molecule has 6 rings (SSSR count). The first-order valence-corrected chi connectivity index (χ1v) is 10.4. The molecule has 0 saturated heterocycles. The molecule has 6 aromatic rings. The van der Waals surface area contributed by atoms with Gasteiger partial charge in [-0.05, 0) is 35.4 Å². The number of ether oxygens (including phenoxy) is 1. The summed E-state index contributed by atoms with van der Waals surface area (Å²) >= 11 is 0. The number of aromatic nitrogens is 2. The first-order chi connectivity index (χ1) is 15.8. The van der Waals surface area contributed by atoms with Gasteiger partial charge in [0.05, 0.1) is 0 Å². The largest absolute Gasteiger partial charge is 0.449 e. The monoisotopic (exact) mass is 414 g/mol. The lowest BCUT2D eigenvalue weighted by Gasteiger charge is -2.08. The van der Waals surface area contributed by atoms with Crippen LogP contribution in [0.25, 0.3) is 44.6 Å². The van der Waals surface area contributed by atoms with E-state index in [2.05, 4.69) is 12.1 Å². The molecular weight excluding hydrogens is 396 g/mol. The molecule has 0 N–H and O–H groups in total. The van der Waals surface area contributed by atoms with Crippen LogP contribution in [0.4, 0.5) is 0 Å². The van der Waals surface area contributed by atoms with Crippen LogP contribution in [-0.4, -0.2) is 9.97 Å². The SMILES string of the molecule is c1ccc(-c2ccc(Oc3nc(-c4ccccc4)nc4c3oc3ccccc34)cc2)cc1. The van der Waals surface area contributed by atoms with Crippen LogP contribution in [0.1, 0.15) is 0 Å². The molecule has 0 fully saturated rings. The van der Waals surface area contributed by atoms with Crippen molar-refractivity contribution in [3.8, 4) is 34.1 Å². The van der Waals surface area contributed by atoms with Gasteiger partial charge < -0.3 is 9.15 Å². The normalized spacial score (nSPS) is 11.1. The third kappa shape index (κ3) is 3.28. The van der Waals surface area contributed by atoms with Gasteiger partial charge in [-0.25, -0.2) is 4.98 Å². The molecule has 0 unspecified atom stereocenters. The molecule has 0 amide bonds. The molecule has 152 valence electrons. The minimum atomic E-state index is 0.400. The molecule has 0 aliphatic rings. The highest BCUT2D eigenvalue weighted by atomic mass is 16.5. The molecule has 4 nitrogen and oxygen atoms in total. The maximum absolute atomic E-state index is 6.23. The van der Waals surface area contributed by atoms with Gasteiger partial charge in [-0.1, -0.05) is 84.9 Å². The second-order valence-electron chi connectivity index (χ2n) is 7.49. The van der Waals surface area contributed by atoms with Crippen molar-refractivity contribution in [2.75, 3.05) is 0 Å². The zero-order valence-electron chi connectivity index (χ0n) is 17.1. The van der Waals surface area contributed by atoms with E-state index in [0.717, 1.165) is 33.2 Å². The number of benzene rings is 4. The number of nitrogens with zero attached hydrogens (tertiary/aromatic N) is 2. The van der Waals surface area contributed by atoms with Crippen LogP contribution in [0.3, 0.4) is 0 Å². The van der Waals surface area contributed by atoms with Gasteiger partial charge in [0.25, 0.3) is 5.88 Å². The third-order valence-electron chi connectivity index (χ3n) is 5.40. The van der Waals surface area contributed by atoms with Crippen LogP contribution in [0.2, 0.25) is 0 Å². The number of rotatable bonds is 4. The molecule has 0 radical (unpaired) electrons. The van der Waals surface area contributed by atoms with Gasteiger partial charge in [0.15, 0.2) is 5.82 Å². The molecule has 0 aliphatic heterocycles. The average Bonchev–Trinajstić information content (AvgIpc) is 3.25. The van der Waals surface area contributed by atoms with Crippen molar-refractivity contribution in [2.24, 2.45) is 0 Å². The van der Waals surface area contributed by atoms with Gasteiger partial charge in [-0.3, -0.25) is 0 Å². The van der Waals surface area contributed by atoms with Crippen molar-refractivity contribution in [1.29, 1.82) is 0 Å². The third-order valence-corrected chi connectivity index (χ3v) is 5.40. The van der Waals surface area contributed by atoms with E-state index in [0.29, 0.717) is 23.0 Å². The predicted molar refractivity (Wildman–Crippen MR) is 127 cm³/mol. The minimum absolute atomic E-state index is 0.400. The highest BCUT2D eigenvalue weighted by Crippen LogP contribution is 2.36. The van der Waals surface area contributed by atoms with Crippen molar-refractivity contribution >= 4 is 22.1 Å². The average molecular weight is 414 g/mol. The van der Waals surface area contributed by atoms with Gasteiger partial charge in [0, 0.05) is 10.9 Å². The molecule has 0 saturated carbocycles. The van der Waals surface area contributed by atoms with Crippen LogP contribution in [0.5, 0.6) is 11.6 Å². The highest BCUT2D eigenvalue weighted by Gasteiger charge is 2.18. The van der Waals surface area contributed by atoms with Crippen molar-refractivity contribution in [3.05, 3.63) is 109 Å². The summed E-state index contributed by atoms with van der Waals surface area (Å²) in [5.74, 6) is 1.68. The number of hydrogen-bond donors (Lipinski definition) is 0.